The van der Waals surface area contributed by atoms with Crippen LogP contribution in [0.4, 0.5) is 0 Å². The van der Waals surface area contributed by atoms with Crippen molar-refractivity contribution in [1.29, 1.82) is 0 Å². The van der Waals surface area contributed by atoms with E-state index in [0.29, 0.717) is 19.5 Å². The number of hydrogen-bond donors (Lipinski definition) is 0. The first-order valence-corrected chi connectivity index (χ1v) is 8.32. The lowest BCUT2D eigenvalue weighted by Gasteiger charge is -2.21. The molecular weight excluding hydrogens is 298 g/mol. The second-order valence-electron chi connectivity index (χ2n) is 6.11. The highest BCUT2D eigenvalue weighted by molar-refractivity contribution is 5.82. The molecule has 0 aliphatic heterocycles. The van der Waals surface area contributed by atoms with Gasteiger partial charge in [0.15, 0.2) is 0 Å². The number of carbonyl (C=O) groups is 1. The average Bonchev–Trinajstić information content (AvgIpc) is 2.87. The number of aromatic nitrogens is 2. The molecule has 3 rings (SSSR count). The van der Waals surface area contributed by atoms with Crippen molar-refractivity contribution >= 4 is 16.9 Å². The molecule has 1 heterocycles. The zero-order valence-corrected chi connectivity index (χ0v) is 14.5. The van der Waals surface area contributed by atoms with E-state index >= 15 is 0 Å². The lowest BCUT2D eigenvalue weighted by atomic mass is 10.1. The van der Waals surface area contributed by atoms with Crippen LogP contribution < -0.4 is 0 Å². The Morgan fingerprint density at radius 2 is 1.88 bits per heavy atom. The smallest absolute Gasteiger partial charge is 0.227 e. The Morgan fingerprint density at radius 1 is 1.12 bits per heavy atom. The number of fused-ring (bicyclic) bond motifs is 1. The Morgan fingerprint density at radius 3 is 2.58 bits per heavy atom. The second-order valence-corrected chi connectivity index (χ2v) is 6.11. The van der Waals surface area contributed by atoms with Crippen LogP contribution in [0.15, 0.2) is 48.5 Å². The highest BCUT2D eigenvalue weighted by atomic mass is 16.2. The normalized spacial score (nSPS) is 11.0. The lowest BCUT2D eigenvalue weighted by Crippen LogP contribution is -2.31. The fourth-order valence-corrected chi connectivity index (χ4v) is 2.94. The van der Waals surface area contributed by atoms with Gasteiger partial charge in [-0.3, -0.25) is 4.79 Å². The van der Waals surface area contributed by atoms with Gasteiger partial charge in [0.25, 0.3) is 0 Å². The van der Waals surface area contributed by atoms with Crippen LogP contribution >= 0.6 is 0 Å². The summed E-state index contributed by atoms with van der Waals surface area (Å²) >= 11 is 0. The van der Waals surface area contributed by atoms with Crippen LogP contribution in [0, 0.1) is 6.92 Å². The predicted octanol–water partition coefficient (Wildman–Crippen LogP) is 3.47. The zero-order valence-electron chi connectivity index (χ0n) is 14.5. The molecule has 1 aromatic heterocycles. The van der Waals surface area contributed by atoms with Crippen LogP contribution in [0.3, 0.4) is 0 Å². The minimum atomic E-state index is 0.147. The van der Waals surface area contributed by atoms with Gasteiger partial charge >= 0.3 is 0 Å². The summed E-state index contributed by atoms with van der Waals surface area (Å²) in [6.45, 7) is 5.37. The summed E-state index contributed by atoms with van der Waals surface area (Å²) in [6, 6.07) is 16.2. The van der Waals surface area contributed by atoms with Gasteiger partial charge in [-0.05, 0) is 37.1 Å². The van der Waals surface area contributed by atoms with Gasteiger partial charge in [0.1, 0.15) is 5.82 Å². The van der Waals surface area contributed by atoms with Crippen LogP contribution in [0.1, 0.15) is 23.9 Å². The molecule has 3 aromatic rings. The zero-order chi connectivity index (χ0) is 17.1. The molecule has 4 heteroatoms. The molecule has 0 spiro atoms. The maximum Gasteiger partial charge on any atom is 0.227 e. The Balaban J connectivity index is 1.75. The standard InChI is InChI=1S/C20H23N3O/c1-4-23(14-16-8-6-5-7-9-16)20(24)13-17-10-11-19-18(12-17)21-15(2)22(19)3/h5-12H,4,13-14H2,1-3H3. The van der Waals surface area contributed by atoms with Crippen LogP contribution in [0.25, 0.3) is 11.0 Å². The number of carbonyl (C=O) groups excluding carboxylic acids is 1. The summed E-state index contributed by atoms with van der Waals surface area (Å²) in [6.07, 6.45) is 0.409. The van der Waals surface area contributed by atoms with Crippen LogP contribution in [0.2, 0.25) is 0 Å². The summed E-state index contributed by atoms with van der Waals surface area (Å²) in [5, 5.41) is 0. The van der Waals surface area contributed by atoms with Crippen molar-refractivity contribution in [1.82, 2.24) is 14.5 Å². The fourth-order valence-electron chi connectivity index (χ4n) is 2.94. The van der Waals surface area contributed by atoms with Crippen LogP contribution in [0.5, 0.6) is 0 Å². The van der Waals surface area contributed by atoms with Gasteiger partial charge in [0, 0.05) is 20.1 Å². The largest absolute Gasteiger partial charge is 0.338 e. The molecule has 0 aliphatic rings. The van der Waals surface area contributed by atoms with E-state index in [9.17, 15) is 4.79 Å². The van der Waals surface area contributed by atoms with E-state index in [1.165, 1.54) is 0 Å². The summed E-state index contributed by atoms with van der Waals surface area (Å²) in [5.74, 6) is 1.13. The third kappa shape index (κ3) is 3.32. The van der Waals surface area contributed by atoms with Crippen LogP contribution in [-0.2, 0) is 24.8 Å². The Labute approximate surface area is 142 Å². The van der Waals surface area contributed by atoms with E-state index in [0.717, 1.165) is 28.0 Å². The molecule has 1 amide bonds. The summed E-state index contributed by atoms with van der Waals surface area (Å²) in [4.78, 5) is 19.1. The predicted molar refractivity (Wildman–Crippen MR) is 96.7 cm³/mol. The van der Waals surface area contributed by atoms with Crippen molar-refractivity contribution in [3.05, 3.63) is 65.5 Å². The van der Waals surface area contributed by atoms with Crippen molar-refractivity contribution in [2.75, 3.05) is 6.54 Å². The number of amides is 1. The Bertz CT molecular complexity index is 852. The SMILES string of the molecule is CCN(Cc1ccccc1)C(=O)Cc1ccc2c(c1)nc(C)n2C. The maximum absolute atomic E-state index is 12.7. The number of rotatable bonds is 5. The van der Waals surface area contributed by atoms with E-state index in [-0.39, 0.29) is 5.91 Å². The molecular formula is C20H23N3O. The van der Waals surface area contributed by atoms with Gasteiger partial charge in [-0.25, -0.2) is 4.98 Å². The van der Waals surface area contributed by atoms with E-state index < -0.39 is 0 Å². The maximum atomic E-state index is 12.7. The van der Waals surface area contributed by atoms with E-state index in [1.807, 2.05) is 62.2 Å². The first kappa shape index (κ1) is 16.2. The number of likely N-dealkylation sites (N-methyl/N-ethyl adjacent to an activating group) is 1. The number of imidazole rings is 1. The Hall–Kier alpha value is -2.62. The minimum Gasteiger partial charge on any atom is -0.338 e. The molecule has 0 unspecified atom stereocenters. The van der Waals surface area contributed by atoms with Crippen molar-refractivity contribution in [2.24, 2.45) is 7.05 Å². The van der Waals surface area contributed by atoms with Gasteiger partial charge in [0.05, 0.1) is 17.5 Å². The molecule has 0 bridgehead atoms. The van der Waals surface area contributed by atoms with Gasteiger partial charge < -0.3 is 9.47 Å². The second kappa shape index (κ2) is 6.87. The van der Waals surface area contributed by atoms with Gasteiger partial charge in [0.2, 0.25) is 5.91 Å². The third-order valence-corrected chi connectivity index (χ3v) is 4.47. The summed E-state index contributed by atoms with van der Waals surface area (Å²) < 4.78 is 2.06. The summed E-state index contributed by atoms with van der Waals surface area (Å²) in [5.41, 5.74) is 4.22. The molecule has 24 heavy (non-hydrogen) atoms. The molecule has 0 radical (unpaired) electrons. The Kier molecular flexibility index (Phi) is 4.65. The average molecular weight is 321 g/mol. The molecule has 0 saturated heterocycles. The van der Waals surface area contributed by atoms with E-state index in [2.05, 4.69) is 21.7 Å². The first-order chi connectivity index (χ1) is 11.6. The molecule has 124 valence electrons. The van der Waals surface area contributed by atoms with Gasteiger partial charge in [-0.2, -0.15) is 0 Å². The fraction of sp³-hybridized carbons (Fsp3) is 0.300. The molecule has 0 atom stereocenters. The first-order valence-electron chi connectivity index (χ1n) is 8.32. The van der Waals surface area contributed by atoms with Crippen molar-refractivity contribution in [3.63, 3.8) is 0 Å². The van der Waals surface area contributed by atoms with Crippen molar-refractivity contribution in [3.8, 4) is 0 Å². The highest BCUT2D eigenvalue weighted by Gasteiger charge is 2.14. The van der Waals surface area contributed by atoms with Crippen LogP contribution in [-0.4, -0.2) is 26.9 Å². The quantitative estimate of drug-likeness (QED) is 0.721. The monoisotopic (exact) mass is 321 g/mol. The van der Waals surface area contributed by atoms with Gasteiger partial charge in [-0.1, -0.05) is 36.4 Å². The molecule has 0 fully saturated rings. The number of benzene rings is 2. The topological polar surface area (TPSA) is 38.1 Å². The number of hydrogen-bond acceptors (Lipinski definition) is 2. The number of nitrogens with zero attached hydrogens (tertiary/aromatic N) is 3. The molecule has 0 aliphatic carbocycles. The molecule has 4 nitrogen and oxygen atoms in total. The molecule has 2 aromatic carbocycles. The van der Waals surface area contributed by atoms with Crippen molar-refractivity contribution < 1.29 is 4.79 Å². The minimum absolute atomic E-state index is 0.147. The lowest BCUT2D eigenvalue weighted by molar-refractivity contribution is -0.130. The van der Waals surface area contributed by atoms with E-state index in [1.54, 1.807) is 0 Å². The number of aryl methyl sites for hydroxylation is 2. The third-order valence-electron chi connectivity index (χ3n) is 4.47. The van der Waals surface area contributed by atoms with Gasteiger partial charge in [-0.15, -0.1) is 0 Å². The van der Waals surface area contributed by atoms with E-state index in [4.69, 9.17) is 0 Å². The molecule has 0 saturated carbocycles. The van der Waals surface area contributed by atoms with Crippen molar-refractivity contribution in [2.45, 2.75) is 26.8 Å². The highest BCUT2D eigenvalue weighted by Crippen LogP contribution is 2.17. The summed E-state index contributed by atoms with van der Waals surface area (Å²) in [7, 11) is 2.01. The molecule has 0 N–H and O–H groups in total.